The molecule has 2 saturated carbocycles. The van der Waals surface area contributed by atoms with Crippen LogP contribution in [0.2, 0.25) is 0 Å². The van der Waals surface area contributed by atoms with E-state index >= 15 is 0 Å². The van der Waals surface area contributed by atoms with Gasteiger partial charge in [0, 0.05) is 25.8 Å². The molecule has 9 atom stereocenters. The number of fused-ring (bicyclic) bond motifs is 1. The highest BCUT2D eigenvalue weighted by Crippen LogP contribution is 2.59. The number of aliphatic hydroxyl groups is 2. The summed E-state index contributed by atoms with van der Waals surface area (Å²) in [6.45, 7) is 13.4. The first-order valence-corrected chi connectivity index (χ1v) is 14.7. The van der Waals surface area contributed by atoms with Gasteiger partial charge in [-0.15, -0.1) is 0 Å². The van der Waals surface area contributed by atoms with Crippen molar-refractivity contribution < 1.29 is 38.9 Å². The summed E-state index contributed by atoms with van der Waals surface area (Å²) in [6.07, 6.45) is 7.43. The Bertz CT molecular complexity index is 1060. The molecule has 0 aromatic rings. The summed E-state index contributed by atoms with van der Waals surface area (Å²) in [5.74, 6) is -0.949. The van der Waals surface area contributed by atoms with Crippen LogP contribution in [0.5, 0.6) is 0 Å². The highest BCUT2D eigenvalue weighted by molar-refractivity contribution is 6.16. The zero-order valence-corrected chi connectivity index (χ0v) is 25.2. The first-order valence-electron chi connectivity index (χ1n) is 14.7. The molecule has 0 heterocycles. The van der Waals surface area contributed by atoms with Crippen molar-refractivity contribution in [1.29, 1.82) is 0 Å². The van der Waals surface area contributed by atoms with E-state index in [4.69, 9.17) is 9.47 Å². The van der Waals surface area contributed by atoms with Crippen LogP contribution in [0.25, 0.3) is 0 Å². The van der Waals surface area contributed by atoms with E-state index in [-0.39, 0.29) is 66.8 Å². The number of rotatable bonds is 10. The molecular weight excluding hydrogens is 512 g/mol. The van der Waals surface area contributed by atoms with Gasteiger partial charge in [-0.05, 0) is 80.1 Å². The number of Topliss-reactive ketones (excluding diaryl/α,β-unsaturated/α-hetero) is 1. The van der Waals surface area contributed by atoms with E-state index in [0.29, 0.717) is 31.4 Å². The number of ether oxygens (including phenoxy) is 2. The maximum atomic E-state index is 14.1. The van der Waals surface area contributed by atoms with Crippen LogP contribution in [0.3, 0.4) is 0 Å². The van der Waals surface area contributed by atoms with Gasteiger partial charge in [-0.1, -0.05) is 39.8 Å². The van der Waals surface area contributed by atoms with Crippen LogP contribution >= 0.6 is 0 Å². The Balaban J connectivity index is 1.90. The highest BCUT2D eigenvalue weighted by atomic mass is 16.5. The van der Waals surface area contributed by atoms with Gasteiger partial charge < -0.3 is 19.7 Å². The van der Waals surface area contributed by atoms with Gasteiger partial charge in [0.1, 0.15) is 5.60 Å². The van der Waals surface area contributed by atoms with Gasteiger partial charge >= 0.3 is 11.9 Å². The summed E-state index contributed by atoms with van der Waals surface area (Å²) >= 11 is 0. The lowest BCUT2D eigenvalue weighted by molar-refractivity contribution is -0.174. The summed E-state index contributed by atoms with van der Waals surface area (Å²) in [4.78, 5) is 50.2. The van der Waals surface area contributed by atoms with Crippen molar-refractivity contribution in [2.24, 2.45) is 40.4 Å². The van der Waals surface area contributed by atoms with Crippen LogP contribution in [0.4, 0.5) is 0 Å². The number of aliphatic hydroxyl groups excluding tert-OH is 1. The van der Waals surface area contributed by atoms with Gasteiger partial charge in [-0.2, -0.15) is 0 Å². The second-order valence-corrected chi connectivity index (χ2v) is 13.1. The normalized spacial score (nSPS) is 36.5. The molecule has 3 aliphatic rings. The molecule has 0 radical (unpaired) electrons. The number of allylic oxidation sites excluding steroid dienone is 3. The minimum absolute atomic E-state index is 0.134. The molecule has 3 aliphatic carbocycles. The van der Waals surface area contributed by atoms with Crippen molar-refractivity contribution in [2.45, 2.75) is 98.7 Å². The molecule has 2 fully saturated rings. The van der Waals surface area contributed by atoms with Crippen molar-refractivity contribution in [3.63, 3.8) is 0 Å². The van der Waals surface area contributed by atoms with Crippen LogP contribution in [0.15, 0.2) is 23.8 Å². The zero-order valence-electron chi connectivity index (χ0n) is 25.2. The Morgan fingerprint density at radius 1 is 1.05 bits per heavy atom. The Morgan fingerprint density at radius 2 is 1.70 bits per heavy atom. The summed E-state index contributed by atoms with van der Waals surface area (Å²) in [5, 5.41) is 21.6. The largest absolute Gasteiger partial charge is 0.466 e. The fraction of sp³-hybridized carbons (Fsp3) is 0.750. The third-order valence-electron chi connectivity index (χ3n) is 10.4. The highest BCUT2D eigenvalue weighted by Gasteiger charge is 2.63. The summed E-state index contributed by atoms with van der Waals surface area (Å²) < 4.78 is 10.5. The Kier molecular flexibility index (Phi) is 9.88. The Hall–Kier alpha value is -2.32. The van der Waals surface area contributed by atoms with Crippen molar-refractivity contribution in [1.82, 2.24) is 0 Å². The molecule has 0 amide bonds. The molecule has 0 saturated heterocycles. The van der Waals surface area contributed by atoms with Crippen molar-refractivity contribution in [3.05, 3.63) is 23.8 Å². The molecule has 0 bridgehead atoms. The van der Waals surface area contributed by atoms with Gasteiger partial charge in [-0.3, -0.25) is 19.2 Å². The standard InChI is InChI=1S/C32H48O8/c1-19(21(3)18-40-23(5)34)8-9-20(2)26-10-11-27(30(26,6)14-15-39-22(4)33)25-16-28(36)32(38)17-24(35)12-13-31(32,7)29(25)37/h8-9,16,19-21,24,26-27,35,38H,10-15,17-18H2,1-7H3. The molecule has 0 aromatic heterocycles. The molecule has 0 aromatic carbocycles. The fourth-order valence-electron chi connectivity index (χ4n) is 7.40. The van der Waals surface area contributed by atoms with Crippen molar-refractivity contribution in [2.75, 3.05) is 13.2 Å². The van der Waals surface area contributed by atoms with Crippen LogP contribution in [-0.4, -0.2) is 58.6 Å². The molecular formula is C32H48O8. The predicted molar refractivity (Wildman–Crippen MR) is 150 cm³/mol. The molecule has 40 heavy (non-hydrogen) atoms. The third kappa shape index (κ3) is 6.13. The van der Waals surface area contributed by atoms with E-state index in [1.807, 2.05) is 6.92 Å². The van der Waals surface area contributed by atoms with Crippen LogP contribution in [-0.2, 0) is 28.7 Å². The molecule has 9 unspecified atom stereocenters. The number of ketones is 2. The second-order valence-electron chi connectivity index (χ2n) is 13.1. The molecule has 8 heteroatoms. The lowest BCUT2D eigenvalue weighted by atomic mass is 9.53. The smallest absolute Gasteiger partial charge is 0.302 e. The third-order valence-corrected chi connectivity index (χ3v) is 10.4. The van der Waals surface area contributed by atoms with Crippen molar-refractivity contribution in [3.8, 4) is 0 Å². The lowest BCUT2D eigenvalue weighted by Crippen LogP contribution is -2.63. The quantitative estimate of drug-likeness (QED) is 0.298. The van der Waals surface area contributed by atoms with Gasteiger partial charge in [0.2, 0.25) is 0 Å². The van der Waals surface area contributed by atoms with E-state index in [0.717, 1.165) is 6.42 Å². The van der Waals surface area contributed by atoms with E-state index in [1.165, 1.54) is 19.9 Å². The van der Waals surface area contributed by atoms with Gasteiger partial charge in [0.15, 0.2) is 11.6 Å². The molecule has 0 spiro atoms. The Labute approximate surface area is 238 Å². The van der Waals surface area contributed by atoms with E-state index < -0.39 is 28.3 Å². The number of hydrogen-bond acceptors (Lipinski definition) is 8. The predicted octanol–water partition coefficient (Wildman–Crippen LogP) is 4.36. The summed E-state index contributed by atoms with van der Waals surface area (Å²) in [6, 6.07) is 0. The van der Waals surface area contributed by atoms with Crippen LogP contribution in [0, 0.1) is 40.4 Å². The zero-order chi connectivity index (χ0) is 30.0. The summed E-state index contributed by atoms with van der Waals surface area (Å²) in [7, 11) is 0. The minimum atomic E-state index is -1.90. The fourth-order valence-corrected chi connectivity index (χ4v) is 7.40. The maximum absolute atomic E-state index is 14.1. The van der Waals surface area contributed by atoms with Crippen LogP contribution < -0.4 is 0 Å². The Morgan fingerprint density at radius 3 is 2.33 bits per heavy atom. The topological polar surface area (TPSA) is 127 Å². The second kappa shape index (κ2) is 12.3. The molecule has 8 nitrogen and oxygen atoms in total. The number of hydrogen-bond donors (Lipinski definition) is 2. The molecule has 224 valence electrons. The average molecular weight is 561 g/mol. The lowest BCUT2D eigenvalue weighted by Gasteiger charge is -2.51. The SMILES string of the molecule is CC(=O)OCCC1(C)C(C2=CC(=O)C3(O)CC(O)CCC3(C)C2=O)CCC1C(C)C=CC(C)C(C)COC(C)=O. The van der Waals surface area contributed by atoms with E-state index in [1.54, 1.807) is 6.92 Å². The van der Waals surface area contributed by atoms with Gasteiger partial charge in [0.05, 0.1) is 24.7 Å². The first kappa shape index (κ1) is 32.2. The first-order chi connectivity index (χ1) is 18.6. The maximum Gasteiger partial charge on any atom is 0.302 e. The summed E-state index contributed by atoms with van der Waals surface area (Å²) in [5.41, 5.74) is -3.15. The average Bonchev–Trinajstić information content (AvgIpc) is 3.21. The van der Waals surface area contributed by atoms with E-state index in [9.17, 15) is 29.4 Å². The number of carbonyl (C=O) groups is 4. The molecule has 0 aliphatic heterocycles. The number of esters is 2. The molecule has 3 rings (SSSR count). The van der Waals surface area contributed by atoms with Crippen molar-refractivity contribution >= 4 is 23.5 Å². The van der Waals surface area contributed by atoms with Gasteiger partial charge in [-0.25, -0.2) is 0 Å². The van der Waals surface area contributed by atoms with Crippen LogP contribution in [0.1, 0.15) is 87.0 Å². The minimum Gasteiger partial charge on any atom is -0.466 e. The molecule has 2 N–H and O–H groups in total. The number of carbonyl (C=O) groups excluding carboxylic acids is 4. The van der Waals surface area contributed by atoms with E-state index in [2.05, 4.69) is 32.9 Å². The van der Waals surface area contributed by atoms with Gasteiger partial charge in [0.25, 0.3) is 0 Å². The monoisotopic (exact) mass is 560 g/mol.